The van der Waals surface area contributed by atoms with Crippen LogP contribution in [0.5, 0.6) is 0 Å². The van der Waals surface area contributed by atoms with E-state index in [1.54, 1.807) is 0 Å². The highest BCUT2D eigenvalue weighted by molar-refractivity contribution is 7.47. The minimum absolute atomic E-state index is 0.0879. The van der Waals surface area contributed by atoms with Crippen molar-refractivity contribution in [1.82, 2.24) is 0 Å². The third-order valence-electron chi connectivity index (χ3n) is 10.7. The predicted octanol–water partition coefficient (Wildman–Crippen LogP) is 8.45. The summed E-state index contributed by atoms with van der Waals surface area (Å²) in [6, 6.07) is 0. The van der Waals surface area contributed by atoms with E-state index in [2.05, 4.69) is 25.7 Å². The van der Waals surface area contributed by atoms with Crippen LogP contribution in [0.4, 0.5) is 0 Å². The van der Waals surface area contributed by atoms with Crippen molar-refractivity contribution in [2.24, 2.45) is 0 Å². The van der Waals surface area contributed by atoms with Gasteiger partial charge < -0.3 is 39.9 Å². The monoisotopic (exact) mass is 849 g/mol. The second kappa shape index (κ2) is 35.0. The lowest BCUT2D eigenvalue weighted by Crippen LogP contribution is -2.64. The summed E-state index contributed by atoms with van der Waals surface area (Å²) in [4.78, 5) is 35.6. The Morgan fingerprint density at radius 1 is 0.569 bits per heavy atom. The number of carbonyl (C=O) groups is 2. The van der Waals surface area contributed by atoms with Crippen molar-refractivity contribution in [2.45, 2.75) is 229 Å². The largest absolute Gasteiger partial charge is 0.472 e. The lowest BCUT2D eigenvalue weighted by molar-refractivity contribution is -0.220. The van der Waals surface area contributed by atoms with Crippen LogP contribution in [0.2, 0.25) is 0 Å². The molecule has 6 unspecified atom stereocenters. The van der Waals surface area contributed by atoms with E-state index >= 15 is 0 Å². The van der Waals surface area contributed by atoms with Crippen LogP contribution < -0.4 is 0 Å². The molecular weight excluding hydrogens is 767 g/mol. The topological polar surface area (TPSA) is 210 Å². The number of rotatable bonds is 38. The zero-order valence-corrected chi connectivity index (χ0v) is 36.6. The SMILES string of the molecule is C=CCCCCCCCCCCCCCCCC(=O)OC[C@@H](COP(=O)(O)OC1C(O)C(O)C(O)[C@H](O)C1O)OC(=O)CCCCCCC/C=C/CCCCCCC. The standard InChI is InChI=1S/C44H81O13P/c1-3-5-7-9-11-13-15-17-19-21-22-24-26-28-30-32-37(45)54-34-36(35-55-58(52,53)57-44-42(50)40(48)39(47)41(49)43(44)51)56-38(46)33-31-29-27-25-23-20-18-16-14-12-10-8-6-4-2/h3,16,18,36,39-44,47-51H,1,4-15,17,19-35H2,2H3,(H,52,53)/b18-16+/t36-,39?,40-,41?,42?,43?,44?/m0/s1. The summed E-state index contributed by atoms with van der Waals surface area (Å²) in [6.45, 7) is 4.81. The lowest BCUT2D eigenvalue weighted by atomic mass is 9.85. The van der Waals surface area contributed by atoms with Gasteiger partial charge in [0.2, 0.25) is 0 Å². The first kappa shape index (κ1) is 54.3. The number of aliphatic hydroxyl groups excluding tert-OH is 5. The molecule has 14 heteroatoms. The number of esters is 2. The fourth-order valence-electron chi connectivity index (χ4n) is 6.97. The molecule has 0 aromatic carbocycles. The molecule has 8 atom stereocenters. The van der Waals surface area contributed by atoms with E-state index in [0.29, 0.717) is 12.8 Å². The van der Waals surface area contributed by atoms with Crippen LogP contribution >= 0.6 is 7.82 Å². The summed E-state index contributed by atoms with van der Waals surface area (Å²) in [5, 5.41) is 50.1. The molecule has 340 valence electrons. The molecule has 0 aromatic heterocycles. The molecule has 1 saturated carbocycles. The number of unbranched alkanes of at least 4 members (excludes halogenated alkanes) is 23. The molecule has 0 heterocycles. The van der Waals surface area contributed by atoms with Gasteiger partial charge in [0.1, 0.15) is 43.2 Å². The predicted molar refractivity (Wildman–Crippen MR) is 226 cm³/mol. The van der Waals surface area contributed by atoms with Crippen LogP contribution in [-0.2, 0) is 32.7 Å². The summed E-state index contributed by atoms with van der Waals surface area (Å²) in [5.41, 5.74) is 0. The van der Waals surface area contributed by atoms with Gasteiger partial charge in [-0.15, -0.1) is 6.58 Å². The zero-order chi connectivity index (χ0) is 42.9. The molecule has 0 amide bonds. The molecule has 0 radical (unpaired) electrons. The molecule has 1 rings (SSSR count). The molecule has 0 spiro atoms. The van der Waals surface area contributed by atoms with Crippen LogP contribution in [-0.4, -0.2) is 98.3 Å². The van der Waals surface area contributed by atoms with Crippen molar-refractivity contribution < 1.29 is 63.1 Å². The average Bonchev–Trinajstić information content (AvgIpc) is 3.20. The Balaban J connectivity index is 2.46. The van der Waals surface area contributed by atoms with Crippen molar-refractivity contribution in [1.29, 1.82) is 0 Å². The van der Waals surface area contributed by atoms with Crippen molar-refractivity contribution in [3.05, 3.63) is 24.8 Å². The summed E-state index contributed by atoms with van der Waals surface area (Å²) >= 11 is 0. The van der Waals surface area contributed by atoms with E-state index in [0.717, 1.165) is 64.2 Å². The molecule has 58 heavy (non-hydrogen) atoms. The first-order valence-electron chi connectivity index (χ1n) is 22.6. The lowest BCUT2D eigenvalue weighted by Gasteiger charge is -2.41. The van der Waals surface area contributed by atoms with Gasteiger partial charge in [0.15, 0.2) is 6.10 Å². The summed E-state index contributed by atoms with van der Waals surface area (Å²) < 4.78 is 33.5. The molecule has 0 saturated heterocycles. The number of allylic oxidation sites excluding steroid dienone is 3. The van der Waals surface area contributed by atoms with Crippen molar-refractivity contribution in [3.63, 3.8) is 0 Å². The number of phosphoric ester groups is 1. The van der Waals surface area contributed by atoms with Gasteiger partial charge in [0.25, 0.3) is 0 Å². The third kappa shape index (κ3) is 27.2. The van der Waals surface area contributed by atoms with Crippen molar-refractivity contribution in [2.75, 3.05) is 13.2 Å². The fourth-order valence-corrected chi connectivity index (χ4v) is 7.94. The Morgan fingerprint density at radius 3 is 1.43 bits per heavy atom. The number of phosphoric acid groups is 1. The molecule has 0 aromatic rings. The number of aliphatic hydroxyl groups is 5. The van der Waals surface area contributed by atoms with Crippen LogP contribution in [0.25, 0.3) is 0 Å². The zero-order valence-electron chi connectivity index (χ0n) is 35.7. The Labute approximate surface area is 349 Å². The molecule has 13 nitrogen and oxygen atoms in total. The summed E-state index contributed by atoms with van der Waals surface area (Å²) in [7, 11) is -5.12. The van der Waals surface area contributed by atoms with E-state index in [4.69, 9.17) is 18.5 Å². The molecule has 6 N–H and O–H groups in total. The minimum atomic E-state index is -5.12. The maximum absolute atomic E-state index is 12.8. The van der Waals surface area contributed by atoms with Crippen LogP contribution in [0.15, 0.2) is 24.8 Å². The number of ether oxygens (including phenoxy) is 2. The Kier molecular flexibility index (Phi) is 32.8. The second-order valence-electron chi connectivity index (χ2n) is 16.0. The highest BCUT2D eigenvalue weighted by Gasteiger charge is 2.51. The van der Waals surface area contributed by atoms with Gasteiger partial charge in [-0.05, 0) is 51.4 Å². The quantitative estimate of drug-likeness (QED) is 0.0149. The summed E-state index contributed by atoms with van der Waals surface area (Å²) in [6.07, 6.45) is 22.7. The third-order valence-corrected chi connectivity index (χ3v) is 11.6. The Hall–Kier alpha value is -1.67. The maximum Gasteiger partial charge on any atom is 0.472 e. The Bertz CT molecular complexity index is 1110. The highest BCUT2D eigenvalue weighted by Crippen LogP contribution is 2.47. The van der Waals surface area contributed by atoms with Crippen LogP contribution in [0.3, 0.4) is 0 Å². The van der Waals surface area contributed by atoms with Gasteiger partial charge in [-0.2, -0.15) is 0 Å². The van der Waals surface area contributed by atoms with Gasteiger partial charge >= 0.3 is 19.8 Å². The molecule has 0 aliphatic heterocycles. The minimum Gasteiger partial charge on any atom is -0.462 e. The van der Waals surface area contributed by atoms with E-state index in [1.165, 1.54) is 89.9 Å². The fraction of sp³-hybridized carbons (Fsp3) is 0.864. The van der Waals surface area contributed by atoms with Crippen molar-refractivity contribution >= 4 is 19.8 Å². The smallest absolute Gasteiger partial charge is 0.462 e. The van der Waals surface area contributed by atoms with Gasteiger partial charge in [-0.1, -0.05) is 141 Å². The average molecular weight is 849 g/mol. The van der Waals surface area contributed by atoms with E-state index in [1.807, 2.05) is 6.08 Å². The second-order valence-corrected chi connectivity index (χ2v) is 17.4. The van der Waals surface area contributed by atoms with E-state index < -0.39 is 75.7 Å². The van der Waals surface area contributed by atoms with Crippen molar-refractivity contribution in [3.8, 4) is 0 Å². The Morgan fingerprint density at radius 2 is 0.966 bits per heavy atom. The number of hydrogen-bond donors (Lipinski definition) is 6. The van der Waals surface area contributed by atoms with Gasteiger partial charge in [-0.3, -0.25) is 18.6 Å². The van der Waals surface area contributed by atoms with Gasteiger partial charge in [0.05, 0.1) is 6.61 Å². The molecule has 0 bridgehead atoms. The maximum atomic E-state index is 12.8. The number of hydrogen-bond acceptors (Lipinski definition) is 12. The first-order chi connectivity index (χ1) is 27.9. The number of carbonyl (C=O) groups excluding carboxylic acids is 2. The highest BCUT2D eigenvalue weighted by atomic mass is 31.2. The first-order valence-corrected chi connectivity index (χ1v) is 24.1. The molecule has 1 fully saturated rings. The van der Waals surface area contributed by atoms with Gasteiger partial charge in [0, 0.05) is 12.8 Å². The molecule has 1 aliphatic carbocycles. The van der Waals surface area contributed by atoms with Gasteiger partial charge in [-0.25, -0.2) is 4.57 Å². The normalized spacial score (nSPS) is 22.5. The van der Waals surface area contributed by atoms with E-state index in [-0.39, 0.29) is 12.8 Å². The van der Waals surface area contributed by atoms with Crippen LogP contribution in [0, 0.1) is 0 Å². The summed E-state index contributed by atoms with van der Waals surface area (Å²) in [5.74, 6) is -1.11. The molecule has 1 aliphatic rings. The van der Waals surface area contributed by atoms with E-state index in [9.17, 15) is 44.6 Å². The van der Waals surface area contributed by atoms with Crippen LogP contribution in [0.1, 0.15) is 187 Å². The molecular formula is C44H81O13P.